The molecule has 1 aliphatic heterocycles. The van der Waals surface area contributed by atoms with Gasteiger partial charge in [-0.1, -0.05) is 12.1 Å². The Morgan fingerprint density at radius 3 is 2.56 bits per heavy atom. The van der Waals surface area contributed by atoms with E-state index in [1.165, 1.54) is 5.56 Å². The average molecular weight is 393 g/mol. The number of benzene rings is 1. The van der Waals surface area contributed by atoms with E-state index in [4.69, 9.17) is 4.74 Å². The number of H-pyrrole nitrogens is 1. The van der Waals surface area contributed by atoms with Crippen LogP contribution >= 0.6 is 0 Å². The number of methoxy groups -OCH3 is 1. The van der Waals surface area contributed by atoms with Gasteiger partial charge in [-0.15, -0.1) is 0 Å². The summed E-state index contributed by atoms with van der Waals surface area (Å²) < 4.78 is 32.6. The first-order valence-corrected chi connectivity index (χ1v) is 10.7. The highest BCUT2D eigenvalue weighted by Gasteiger charge is 2.31. The smallest absolute Gasteiger partial charge is 0.246 e. The van der Waals surface area contributed by atoms with Crippen LogP contribution in [0.4, 0.5) is 0 Å². The Bertz CT molecular complexity index is 851. The van der Waals surface area contributed by atoms with Gasteiger partial charge in [0.15, 0.2) is 0 Å². The third-order valence-corrected chi connectivity index (χ3v) is 7.23. The van der Waals surface area contributed by atoms with Crippen LogP contribution in [0.15, 0.2) is 29.2 Å². The van der Waals surface area contributed by atoms with Crippen molar-refractivity contribution in [3.63, 3.8) is 0 Å². The molecule has 0 amide bonds. The summed E-state index contributed by atoms with van der Waals surface area (Å²) in [5.41, 5.74) is 2.41. The van der Waals surface area contributed by atoms with Crippen molar-refractivity contribution < 1.29 is 13.2 Å². The zero-order valence-electron chi connectivity index (χ0n) is 16.2. The van der Waals surface area contributed by atoms with Gasteiger partial charge in [-0.2, -0.15) is 9.40 Å². The van der Waals surface area contributed by atoms with Gasteiger partial charge in [0.2, 0.25) is 10.0 Å². The largest absolute Gasteiger partial charge is 0.497 e. The van der Waals surface area contributed by atoms with Gasteiger partial charge < -0.3 is 9.64 Å². The monoisotopic (exact) mass is 392 g/mol. The van der Waals surface area contributed by atoms with Gasteiger partial charge in [-0.25, -0.2) is 8.42 Å². The highest BCUT2D eigenvalue weighted by molar-refractivity contribution is 7.89. The van der Waals surface area contributed by atoms with Crippen LogP contribution in [0.2, 0.25) is 0 Å². The first-order valence-electron chi connectivity index (χ1n) is 9.29. The second kappa shape index (κ2) is 8.41. The van der Waals surface area contributed by atoms with Crippen molar-refractivity contribution in [1.82, 2.24) is 19.4 Å². The summed E-state index contributed by atoms with van der Waals surface area (Å²) in [5.74, 6) is 0.885. The summed E-state index contributed by atoms with van der Waals surface area (Å²) in [7, 11) is -1.80. The first-order chi connectivity index (χ1) is 12.9. The Labute approximate surface area is 161 Å². The number of sulfonamides is 1. The highest BCUT2D eigenvalue weighted by atomic mass is 32.2. The molecule has 3 rings (SSSR count). The number of aromatic amines is 1. The second-order valence-electron chi connectivity index (χ2n) is 6.96. The van der Waals surface area contributed by atoms with E-state index in [-0.39, 0.29) is 0 Å². The van der Waals surface area contributed by atoms with E-state index in [2.05, 4.69) is 27.2 Å². The summed E-state index contributed by atoms with van der Waals surface area (Å²) in [5, 5.41) is 6.79. The lowest BCUT2D eigenvalue weighted by atomic mass is 10.1. The van der Waals surface area contributed by atoms with Crippen LogP contribution in [0, 0.1) is 13.8 Å². The van der Waals surface area contributed by atoms with Gasteiger partial charge in [-0.05, 0) is 50.9 Å². The molecule has 1 aromatic heterocycles. The zero-order valence-corrected chi connectivity index (χ0v) is 17.1. The number of nitrogens with one attached hydrogen (secondary N) is 1. The van der Waals surface area contributed by atoms with Gasteiger partial charge in [0.05, 0.1) is 18.5 Å². The van der Waals surface area contributed by atoms with Crippen molar-refractivity contribution in [1.29, 1.82) is 0 Å². The van der Waals surface area contributed by atoms with Crippen molar-refractivity contribution in [3.05, 3.63) is 41.2 Å². The molecule has 148 valence electrons. The predicted molar refractivity (Wildman–Crippen MR) is 105 cm³/mol. The highest BCUT2D eigenvalue weighted by Crippen LogP contribution is 2.23. The van der Waals surface area contributed by atoms with Crippen LogP contribution in [0.1, 0.15) is 23.4 Å². The number of aryl methyl sites for hydroxylation is 3. The maximum Gasteiger partial charge on any atom is 0.246 e. The van der Waals surface area contributed by atoms with Gasteiger partial charge in [0.25, 0.3) is 0 Å². The fourth-order valence-electron chi connectivity index (χ4n) is 3.58. The van der Waals surface area contributed by atoms with E-state index in [1.807, 2.05) is 12.1 Å². The van der Waals surface area contributed by atoms with Crippen LogP contribution in [-0.4, -0.2) is 67.7 Å². The average Bonchev–Trinajstić information content (AvgIpc) is 3.01. The van der Waals surface area contributed by atoms with Gasteiger partial charge in [0, 0.05) is 26.2 Å². The van der Waals surface area contributed by atoms with Crippen LogP contribution in [0.3, 0.4) is 0 Å². The minimum absolute atomic E-state index is 0.328. The molecule has 8 heteroatoms. The maximum atomic E-state index is 12.9. The molecular weight excluding hydrogens is 364 g/mol. The van der Waals surface area contributed by atoms with Crippen LogP contribution < -0.4 is 4.74 Å². The Balaban J connectivity index is 1.50. The lowest BCUT2D eigenvalue weighted by molar-refractivity contribution is 0.186. The van der Waals surface area contributed by atoms with Crippen molar-refractivity contribution in [2.24, 2.45) is 0 Å². The van der Waals surface area contributed by atoms with Crippen LogP contribution in [-0.2, 0) is 16.4 Å². The summed E-state index contributed by atoms with van der Waals surface area (Å²) >= 11 is 0. The molecule has 0 spiro atoms. The third-order valence-electron chi connectivity index (χ3n) is 5.06. The number of rotatable bonds is 7. The molecule has 0 radical (unpaired) electrons. The van der Waals surface area contributed by atoms with E-state index in [0.29, 0.717) is 29.4 Å². The molecule has 27 heavy (non-hydrogen) atoms. The molecule has 1 aliphatic rings. The van der Waals surface area contributed by atoms with Gasteiger partial charge >= 0.3 is 0 Å². The second-order valence-corrected chi connectivity index (χ2v) is 8.84. The number of ether oxygens (including phenoxy) is 1. The summed E-state index contributed by atoms with van der Waals surface area (Å²) in [6.07, 6.45) is 2.03. The summed E-state index contributed by atoms with van der Waals surface area (Å²) in [6, 6.07) is 8.15. The summed E-state index contributed by atoms with van der Waals surface area (Å²) in [6.45, 7) is 7.00. The SMILES string of the molecule is COc1cccc(CCCN2CCN(S(=O)(=O)c3c(C)n[nH]c3C)CC2)c1. The number of piperazine rings is 1. The number of hydrogen-bond acceptors (Lipinski definition) is 5. The molecular formula is C19H28N4O3S. The van der Waals surface area contributed by atoms with E-state index in [9.17, 15) is 8.42 Å². The molecule has 2 heterocycles. The van der Waals surface area contributed by atoms with Crippen molar-refractivity contribution in [3.8, 4) is 5.75 Å². The fraction of sp³-hybridized carbons (Fsp3) is 0.526. The molecule has 1 N–H and O–H groups in total. The maximum absolute atomic E-state index is 12.9. The quantitative estimate of drug-likeness (QED) is 0.779. The fourth-order valence-corrected chi connectivity index (χ4v) is 5.33. The molecule has 7 nitrogen and oxygen atoms in total. The van der Waals surface area contributed by atoms with Gasteiger partial charge in [-0.3, -0.25) is 5.10 Å². The molecule has 1 saturated heterocycles. The lowest BCUT2D eigenvalue weighted by Gasteiger charge is -2.34. The van der Waals surface area contributed by atoms with Crippen molar-refractivity contribution in [2.75, 3.05) is 39.8 Å². The lowest BCUT2D eigenvalue weighted by Crippen LogP contribution is -2.48. The normalized spacial score (nSPS) is 16.6. The van der Waals surface area contributed by atoms with Gasteiger partial charge in [0.1, 0.15) is 10.6 Å². The van der Waals surface area contributed by atoms with Crippen molar-refractivity contribution in [2.45, 2.75) is 31.6 Å². The predicted octanol–water partition coefficient (Wildman–Crippen LogP) is 1.97. The van der Waals surface area contributed by atoms with E-state index < -0.39 is 10.0 Å². The molecule has 0 atom stereocenters. The number of hydrogen-bond donors (Lipinski definition) is 1. The minimum Gasteiger partial charge on any atom is -0.497 e. The molecule has 0 bridgehead atoms. The molecule has 0 aliphatic carbocycles. The van der Waals surface area contributed by atoms with Crippen LogP contribution in [0.25, 0.3) is 0 Å². The molecule has 1 fully saturated rings. The van der Waals surface area contributed by atoms with Crippen molar-refractivity contribution >= 4 is 10.0 Å². The standard InChI is InChI=1S/C19H28N4O3S/c1-15-19(16(2)21-20-15)27(24,25)23-12-10-22(11-13-23)9-5-7-17-6-4-8-18(14-17)26-3/h4,6,8,14H,5,7,9-13H2,1-3H3,(H,20,21). The van der Waals surface area contributed by atoms with Crippen LogP contribution in [0.5, 0.6) is 5.75 Å². The number of nitrogens with zero attached hydrogens (tertiary/aromatic N) is 3. The molecule has 0 saturated carbocycles. The van der Waals surface area contributed by atoms with E-state index >= 15 is 0 Å². The summed E-state index contributed by atoms with van der Waals surface area (Å²) in [4.78, 5) is 2.66. The Hall–Kier alpha value is -1.90. The topological polar surface area (TPSA) is 78.5 Å². The molecule has 1 aromatic carbocycles. The zero-order chi connectivity index (χ0) is 19.4. The van der Waals surface area contributed by atoms with E-state index in [0.717, 1.165) is 38.2 Å². The Morgan fingerprint density at radius 1 is 1.19 bits per heavy atom. The Kier molecular flexibility index (Phi) is 6.18. The van der Waals surface area contributed by atoms with E-state index in [1.54, 1.807) is 25.3 Å². The minimum atomic E-state index is -3.48. The third kappa shape index (κ3) is 4.51. The Morgan fingerprint density at radius 2 is 1.93 bits per heavy atom. The number of aromatic nitrogens is 2. The molecule has 2 aromatic rings. The first kappa shape index (κ1) is 19.9. The molecule has 0 unspecified atom stereocenters.